The van der Waals surface area contributed by atoms with Crippen molar-refractivity contribution in [1.82, 2.24) is 4.57 Å². The number of methoxy groups -OCH3 is 1. The van der Waals surface area contributed by atoms with Gasteiger partial charge in [0.05, 0.1) is 24.9 Å². The molecule has 1 aliphatic heterocycles. The Balaban J connectivity index is 1.95. The lowest BCUT2D eigenvalue weighted by Crippen LogP contribution is -2.15. The van der Waals surface area contributed by atoms with Crippen molar-refractivity contribution in [2.45, 2.75) is 18.6 Å². The van der Waals surface area contributed by atoms with Crippen molar-refractivity contribution in [3.05, 3.63) is 82.4 Å². The first-order valence-corrected chi connectivity index (χ1v) is 9.04. The second-order valence-corrected chi connectivity index (χ2v) is 6.91. The highest BCUT2D eigenvalue weighted by atomic mass is 35.5. The van der Waals surface area contributed by atoms with Crippen LogP contribution in [-0.4, -0.2) is 22.8 Å². The second-order valence-electron chi connectivity index (χ2n) is 6.47. The molecule has 1 N–H and O–H groups in total. The van der Waals surface area contributed by atoms with Crippen molar-refractivity contribution >= 4 is 17.6 Å². The number of aromatic nitrogens is 1. The maximum absolute atomic E-state index is 15.1. The number of rotatable bonds is 4. The van der Waals surface area contributed by atoms with E-state index < -0.39 is 24.0 Å². The number of carbonyl (C=O) groups is 1. The van der Waals surface area contributed by atoms with Crippen molar-refractivity contribution in [1.29, 1.82) is 0 Å². The molecule has 2 atom stereocenters. The van der Waals surface area contributed by atoms with Gasteiger partial charge in [-0.15, -0.1) is 0 Å². The summed E-state index contributed by atoms with van der Waals surface area (Å²) in [5.41, 5.74) is 2.33. The summed E-state index contributed by atoms with van der Waals surface area (Å²) in [5, 5.41) is 9.84. The predicted octanol–water partition coefficient (Wildman–Crippen LogP) is 4.91. The smallest absolute Gasteiger partial charge is 0.306 e. The Morgan fingerprint density at radius 2 is 2.07 bits per heavy atom. The van der Waals surface area contributed by atoms with Crippen LogP contribution in [0.15, 0.2) is 54.7 Å². The first-order chi connectivity index (χ1) is 13.5. The molecule has 5 nitrogen and oxygen atoms in total. The number of hydrogen-bond donors (Lipinski definition) is 1. The Morgan fingerprint density at radius 3 is 2.82 bits per heavy atom. The summed E-state index contributed by atoms with van der Waals surface area (Å²) in [4.78, 5) is 11.4. The Kier molecular flexibility index (Phi) is 4.83. The maximum Gasteiger partial charge on any atom is 0.306 e. The van der Waals surface area contributed by atoms with Crippen molar-refractivity contribution in [2.75, 3.05) is 7.11 Å². The molecule has 28 heavy (non-hydrogen) atoms. The molecular formula is C21H17ClFNO4. The Hall–Kier alpha value is -2.83. The summed E-state index contributed by atoms with van der Waals surface area (Å²) in [5.74, 6) is -1.48. The average molecular weight is 402 g/mol. The zero-order chi connectivity index (χ0) is 19.8. The Bertz CT molecular complexity index is 1050. The highest BCUT2D eigenvalue weighted by molar-refractivity contribution is 6.30. The second kappa shape index (κ2) is 7.30. The molecular weight excluding hydrogens is 385 g/mol. The molecule has 1 aliphatic rings. The quantitative estimate of drug-likeness (QED) is 0.674. The van der Waals surface area contributed by atoms with E-state index >= 15 is 4.39 Å². The van der Waals surface area contributed by atoms with E-state index in [1.165, 1.54) is 13.2 Å². The summed E-state index contributed by atoms with van der Waals surface area (Å²) < 4.78 is 28.2. The van der Waals surface area contributed by atoms with Crippen LogP contribution in [0.25, 0.3) is 5.69 Å². The molecule has 2 heterocycles. The number of carboxylic acid groups (broad SMARTS) is 1. The van der Waals surface area contributed by atoms with Crippen LogP contribution in [0.2, 0.25) is 5.02 Å². The molecule has 0 amide bonds. The maximum atomic E-state index is 15.1. The van der Waals surface area contributed by atoms with Gasteiger partial charge in [-0.1, -0.05) is 23.7 Å². The number of ether oxygens (including phenoxy) is 2. The van der Waals surface area contributed by atoms with Crippen LogP contribution in [0.4, 0.5) is 4.39 Å². The average Bonchev–Trinajstić information content (AvgIpc) is 3.11. The molecule has 144 valence electrons. The number of hydrogen-bond acceptors (Lipinski definition) is 3. The van der Waals surface area contributed by atoms with Crippen LogP contribution >= 0.6 is 11.6 Å². The lowest BCUT2D eigenvalue weighted by Gasteiger charge is -2.23. The van der Waals surface area contributed by atoms with Gasteiger partial charge in [-0.25, -0.2) is 4.39 Å². The van der Waals surface area contributed by atoms with Gasteiger partial charge in [0, 0.05) is 22.3 Å². The zero-order valence-corrected chi connectivity index (χ0v) is 15.7. The molecule has 0 saturated carbocycles. The molecule has 0 bridgehead atoms. The van der Waals surface area contributed by atoms with Gasteiger partial charge in [0.25, 0.3) is 0 Å². The molecule has 2 aromatic carbocycles. The normalized spacial score (nSPS) is 18.1. The van der Waals surface area contributed by atoms with E-state index in [9.17, 15) is 9.90 Å². The van der Waals surface area contributed by atoms with Gasteiger partial charge >= 0.3 is 5.97 Å². The van der Waals surface area contributed by atoms with Gasteiger partial charge < -0.3 is 19.1 Å². The molecule has 0 fully saturated rings. The first kappa shape index (κ1) is 18.5. The summed E-state index contributed by atoms with van der Waals surface area (Å²) in [6.07, 6.45) is -0.0550. The molecule has 0 spiro atoms. The predicted molar refractivity (Wildman–Crippen MR) is 102 cm³/mol. The van der Waals surface area contributed by atoms with E-state index in [1.54, 1.807) is 30.3 Å². The fourth-order valence-electron chi connectivity index (χ4n) is 3.58. The molecule has 0 radical (unpaired) electrons. The van der Waals surface area contributed by atoms with E-state index in [-0.39, 0.29) is 17.7 Å². The monoisotopic (exact) mass is 401 g/mol. The van der Waals surface area contributed by atoms with Crippen LogP contribution in [0.3, 0.4) is 0 Å². The van der Waals surface area contributed by atoms with Crippen LogP contribution in [-0.2, 0) is 9.53 Å². The van der Waals surface area contributed by atoms with Crippen LogP contribution in [0, 0.1) is 5.82 Å². The fraction of sp³-hybridized carbons (Fsp3) is 0.190. The van der Waals surface area contributed by atoms with E-state index in [4.69, 9.17) is 21.1 Å². The number of halogens is 2. The van der Waals surface area contributed by atoms with Crippen LogP contribution < -0.4 is 4.74 Å². The zero-order valence-electron chi connectivity index (χ0n) is 14.9. The van der Waals surface area contributed by atoms with Gasteiger partial charge in [-0.05, 0) is 36.4 Å². The van der Waals surface area contributed by atoms with Crippen molar-refractivity contribution in [2.24, 2.45) is 0 Å². The van der Waals surface area contributed by atoms with Gasteiger partial charge in [-0.3, -0.25) is 4.79 Å². The number of nitrogens with zero attached hydrogens (tertiary/aromatic N) is 1. The topological polar surface area (TPSA) is 60.7 Å². The SMILES string of the molecule is COc1cccc([C@H]2O[C@H](CC(=O)O)c3cccn3-c3ccc(Cl)cc32)c1F. The van der Waals surface area contributed by atoms with E-state index in [0.29, 0.717) is 16.3 Å². The van der Waals surface area contributed by atoms with E-state index in [2.05, 4.69) is 0 Å². The lowest BCUT2D eigenvalue weighted by atomic mass is 9.98. The highest BCUT2D eigenvalue weighted by Gasteiger charge is 2.33. The summed E-state index contributed by atoms with van der Waals surface area (Å²) >= 11 is 6.23. The third-order valence-corrected chi connectivity index (χ3v) is 5.03. The van der Waals surface area contributed by atoms with E-state index in [0.717, 1.165) is 5.69 Å². The van der Waals surface area contributed by atoms with Crippen LogP contribution in [0.1, 0.15) is 35.4 Å². The minimum absolute atomic E-state index is 0.0864. The largest absolute Gasteiger partial charge is 0.494 e. The number of carboxylic acids is 1. The third-order valence-electron chi connectivity index (χ3n) is 4.80. The number of aliphatic carboxylic acids is 1. The van der Waals surface area contributed by atoms with Crippen molar-refractivity contribution in [3.63, 3.8) is 0 Å². The highest BCUT2D eigenvalue weighted by Crippen LogP contribution is 2.43. The minimum atomic E-state index is -1.01. The molecule has 7 heteroatoms. The van der Waals surface area contributed by atoms with E-state index in [1.807, 2.05) is 22.9 Å². The van der Waals surface area contributed by atoms with Gasteiger partial charge in [-0.2, -0.15) is 0 Å². The minimum Gasteiger partial charge on any atom is -0.494 e. The molecule has 1 aromatic heterocycles. The van der Waals surface area contributed by atoms with Crippen LogP contribution in [0.5, 0.6) is 5.75 Å². The van der Waals surface area contributed by atoms with Crippen molar-refractivity contribution < 1.29 is 23.8 Å². The molecule has 0 unspecified atom stereocenters. The first-order valence-electron chi connectivity index (χ1n) is 8.66. The van der Waals surface area contributed by atoms with Crippen molar-refractivity contribution in [3.8, 4) is 11.4 Å². The summed E-state index contributed by atoms with van der Waals surface area (Å²) in [6, 6.07) is 13.7. The van der Waals surface area contributed by atoms with Gasteiger partial charge in [0.15, 0.2) is 11.6 Å². The molecule has 0 saturated heterocycles. The van der Waals surface area contributed by atoms with Gasteiger partial charge in [0.1, 0.15) is 12.2 Å². The molecule has 4 rings (SSSR count). The Morgan fingerprint density at radius 1 is 1.25 bits per heavy atom. The Labute approximate surface area is 165 Å². The summed E-state index contributed by atoms with van der Waals surface area (Å²) in [6.45, 7) is 0. The third kappa shape index (κ3) is 3.15. The standard InChI is InChI=1S/C21H17ClFNO4/c1-27-17-6-2-4-13(20(17)23)21-14-10-12(22)7-8-15(14)24-9-3-5-16(24)18(28-21)11-19(25)26/h2-10,18,21H,11H2,1H3,(H,25,26)/t18-,21-/m1/s1. The fourth-order valence-corrected chi connectivity index (χ4v) is 3.76. The molecule has 0 aliphatic carbocycles. The van der Waals surface area contributed by atoms with Gasteiger partial charge in [0.2, 0.25) is 0 Å². The number of benzene rings is 2. The summed E-state index contributed by atoms with van der Waals surface area (Å²) in [7, 11) is 1.39. The molecule has 3 aromatic rings. The lowest BCUT2D eigenvalue weighted by molar-refractivity contribution is -0.141. The number of fused-ring (bicyclic) bond motifs is 3.